The number of carbonyl (C=O) groups excluding carboxylic acids is 1. The molecule has 3 rings (SSSR count). The second-order valence-electron chi connectivity index (χ2n) is 4.94. The molecule has 7 nitrogen and oxygen atoms in total. The monoisotopic (exact) mass is 287 g/mol. The van der Waals surface area contributed by atoms with E-state index in [2.05, 4.69) is 20.2 Å². The third kappa shape index (κ3) is 2.58. The summed E-state index contributed by atoms with van der Waals surface area (Å²) < 4.78 is 5.19. The van der Waals surface area contributed by atoms with Crippen LogP contribution < -0.4 is 4.74 Å². The van der Waals surface area contributed by atoms with Crippen LogP contribution >= 0.6 is 0 Å². The lowest BCUT2D eigenvalue weighted by Crippen LogP contribution is -2.39. The zero-order chi connectivity index (χ0) is 14.7. The van der Waals surface area contributed by atoms with Crippen molar-refractivity contribution >= 4 is 5.91 Å². The number of hydrogen-bond donors (Lipinski definition) is 1. The number of pyridine rings is 1. The molecule has 1 amide bonds. The molecule has 0 bridgehead atoms. The van der Waals surface area contributed by atoms with E-state index in [0.29, 0.717) is 18.0 Å². The third-order valence-electron chi connectivity index (χ3n) is 3.71. The lowest BCUT2D eigenvalue weighted by atomic mass is 10.0. The number of likely N-dealkylation sites (tertiary alicyclic amines) is 1. The van der Waals surface area contributed by atoms with Crippen molar-refractivity contribution in [2.24, 2.45) is 0 Å². The van der Waals surface area contributed by atoms with E-state index in [0.717, 1.165) is 25.1 Å². The molecule has 1 aliphatic heterocycles. The van der Waals surface area contributed by atoms with Crippen LogP contribution in [0, 0.1) is 0 Å². The Kier molecular flexibility index (Phi) is 3.81. The van der Waals surface area contributed by atoms with Gasteiger partial charge in [-0.1, -0.05) is 0 Å². The van der Waals surface area contributed by atoms with Gasteiger partial charge in [0.1, 0.15) is 17.7 Å². The molecule has 1 saturated heterocycles. The molecule has 110 valence electrons. The fraction of sp³-hybridized carbons (Fsp3) is 0.429. The molecular formula is C14H17N5O2. The van der Waals surface area contributed by atoms with E-state index < -0.39 is 0 Å². The average Bonchev–Trinajstić information content (AvgIpc) is 3.08. The van der Waals surface area contributed by atoms with Gasteiger partial charge in [-0.25, -0.2) is 9.97 Å². The van der Waals surface area contributed by atoms with Gasteiger partial charge in [0.2, 0.25) is 5.88 Å². The van der Waals surface area contributed by atoms with Crippen LogP contribution in [0.3, 0.4) is 0 Å². The van der Waals surface area contributed by atoms with Crippen molar-refractivity contribution in [2.75, 3.05) is 13.7 Å². The first-order valence-electron chi connectivity index (χ1n) is 6.96. The number of ether oxygens (including phenoxy) is 1. The van der Waals surface area contributed by atoms with Gasteiger partial charge in [0.05, 0.1) is 13.2 Å². The SMILES string of the molecule is COc1ncccc1C(=O)N1CCCCC1c1ncn[nH]1. The second-order valence-corrected chi connectivity index (χ2v) is 4.94. The van der Waals surface area contributed by atoms with Crippen molar-refractivity contribution < 1.29 is 9.53 Å². The number of nitrogens with one attached hydrogen (secondary N) is 1. The minimum atomic E-state index is -0.0824. The van der Waals surface area contributed by atoms with Crippen LogP contribution in [0.25, 0.3) is 0 Å². The normalized spacial score (nSPS) is 18.5. The molecular weight excluding hydrogens is 270 g/mol. The van der Waals surface area contributed by atoms with Crippen molar-refractivity contribution in [3.8, 4) is 5.88 Å². The molecule has 0 aromatic carbocycles. The summed E-state index contributed by atoms with van der Waals surface area (Å²) in [6.45, 7) is 0.697. The molecule has 0 aliphatic carbocycles. The largest absolute Gasteiger partial charge is 0.480 e. The summed E-state index contributed by atoms with van der Waals surface area (Å²) in [4.78, 5) is 22.9. The molecule has 1 N–H and O–H groups in total. The first-order chi connectivity index (χ1) is 10.3. The van der Waals surface area contributed by atoms with Crippen molar-refractivity contribution in [1.82, 2.24) is 25.1 Å². The van der Waals surface area contributed by atoms with Crippen LogP contribution in [0.15, 0.2) is 24.7 Å². The number of nitrogens with zero attached hydrogens (tertiary/aromatic N) is 4. The first kappa shape index (κ1) is 13.5. The second kappa shape index (κ2) is 5.90. The first-order valence-corrected chi connectivity index (χ1v) is 6.96. The number of aromatic amines is 1. The van der Waals surface area contributed by atoms with Gasteiger partial charge in [0, 0.05) is 12.7 Å². The van der Waals surface area contributed by atoms with E-state index in [1.807, 2.05) is 4.90 Å². The Morgan fingerprint density at radius 1 is 1.43 bits per heavy atom. The number of H-pyrrole nitrogens is 1. The number of hydrogen-bond acceptors (Lipinski definition) is 5. The average molecular weight is 287 g/mol. The summed E-state index contributed by atoms with van der Waals surface area (Å²) in [5.74, 6) is 0.997. The molecule has 1 atom stereocenters. The van der Waals surface area contributed by atoms with Crippen LogP contribution in [-0.4, -0.2) is 44.6 Å². The van der Waals surface area contributed by atoms with Gasteiger partial charge in [0.15, 0.2) is 0 Å². The maximum atomic E-state index is 12.8. The molecule has 1 unspecified atom stereocenters. The number of piperidine rings is 1. The molecule has 2 aromatic heterocycles. The molecule has 1 fully saturated rings. The lowest BCUT2D eigenvalue weighted by molar-refractivity contribution is 0.0596. The molecule has 0 saturated carbocycles. The Hall–Kier alpha value is -2.44. The highest BCUT2D eigenvalue weighted by Crippen LogP contribution is 2.31. The van der Waals surface area contributed by atoms with Gasteiger partial charge in [-0.3, -0.25) is 9.89 Å². The van der Waals surface area contributed by atoms with Crippen LogP contribution in [-0.2, 0) is 0 Å². The highest BCUT2D eigenvalue weighted by Gasteiger charge is 2.31. The molecule has 3 heterocycles. The van der Waals surface area contributed by atoms with Gasteiger partial charge in [-0.05, 0) is 31.4 Å². The molecule has 21 heavy (non-hydrogen) atoms. The van der Waals surface area contributed by atoms with E-state index in [4.69, 9.17) is 4.74 Å². The summed E-state index contributed by atoms with van der Waals surface area (Å²) >= 11 is 0. The van der Waals surface area contributed by atoms with Gasteiger partial charge in [-0.15, -0.1) is 0 Å². The van der Waals surface area contributed by atoms with E-state index in [1.54, 1.807) is 18.3 Å². The fourth-order valence-corrected chi connectivity index (χ4v) is 2.71. The van der Waals surface area contributed by atoms with E-state index in [9.17, 15) is 4.79 Å². The Morgan fingerprint density at radius 2 is 2.33 bits per heavy atom. The van der Waals surface area contributed by atoms with Gasteiger partial charge >= 0.3 is 0 Å². The van der Waals surface area contributed by atoms with Crippen molar-refractivity contribution in [1.29, 1.82) is 0 Å². The Balaban J connectivity index is 1.91. The number of carbonyl (C=O) groups is 1. The number of amides is 1. The van der Waals surface area contributed by atoms with Crippen LogP contribution in [0.1, 0.15) is 41.5 Å². The fourth-order valence-electron chi connectivity index (χ4n) is 2.71. The molecule has 7 heteroatoms. The molecule has 0 radical (unpaired) electrons. The van der Waals surface area contributed by atoms with Gasteiger partial charge < -0.3 is 9.64 Å². The Morgan fingerprint density at radius 3 is 3.10 bits per heavy atom. The quantitative estimate of drug-likeness (QED) is 0.926. The molecule has 1 aliphatic rings. The van der Waals surface area contributed by atoms with E-state index in [-0.39, 0.29) is 11.9 Å². The zero-order valence-electron chi connectivity index (χ0n) is 11.8. The van der Waals surface area contributed by atoms with Crippen LogP contribution in [0.2, 0.25) is 0 Å². The van der Waals surface area contributed by atoms with E-state index >= 15 is 0 Å². The highest BCUT2D eigenvalue weighted by molar-refractivity contribution is 5.96. The summed E-state index contributed by atoms with van der Waals surface area (Å²) in [5.41, 5.74) is 0.478. The summed E-state index contributed by atoms with van der Waals surface area (Å²) in [5, 5.41) is 6.76. The minimum Gasteiger partial charge on any atom is -0.480 e. The van der Waals surface area contributed by atoms with Crippen LogP contribution in [0.4, 0.5) is 0 Å². The molecule has 0 spiro atoms. The maximum absolute atomic E-state index is 12.8. The van der Waals surface area contributed by atoms with Gasteiger partial charge in [-0.2, -0.15) is 5.10 Å². The predicted octanol–water partition coefficient (Wildman–Crippen LogP) is 1.58. The third-order valence-corrected chi connectivity index (χ3v) is 3.71. The van der Waals surface area contributed by atoms with E-state index in [1.165, 1.54) is 13.4 Å². The van der Waals surface area contributed by atoms with Gasteiger partial charge in [0.25, 0.3) is 5.91 Å². The summed E-state index contributed by atoms with van der Waals surface area (Å²) in [6, 6.07) is 3.40. The number of methoxy groups -OCH3 is 1. The predicted molar refractivity (Wildman–Crippen MR) is 74.8 cm³/mol. The Bertz CT molecular complexity index is 614. The molecule has 2 aromatic rings. The summed E-state index contributed by atoms with van der Waals surface area (Å²) in [6.07, 6.45) is 6.01. The number of aromatic nitrogens is 4. The highest BCUT2D eigenvalue weighted by atomic mass is 16.5. The van der Waals surface area contributed by atoms with Crippen molar-refractivity contribution in [3.63, 3.8) is 0 Å². The smallest absolute Gasteiger partial charge is 0.259 e. The topological polar surface area (TPSA) is 84.0 Å². The number of rotatable bonds is 3. The Labute approximate surface area is 122 Å². The minimum absolute atomic E-state index is 0.0707. The maximum Gasteiger partial charge on any atom is 0.259 e. The summed E-state index contributed by atoms with van der Waals surface area (Å²) in [7, 11) is 1.52. The van der Waals surface area contributed by atoms with Crippen molar-refractivity contribution in [3.05, 3.63) is 36.0 Å². The standard InChI is InChI=1S/C14H17N5O2/c1-21-13-10(5-4-7-15-13)14(20)19-8-3-2-6-11(19)12-16-9-17-18-12/h4-5,7,9,11H,2-3,6,8H2,1H3,(H,16,17,18). The zero-order valence-corrected chi connectivity index (χ0v) is 11.8. The van der Waals surface area contributed by atoms with Crippen LogP contribution in [0.5, 0.6) is 5.88 Å². The van der Waals surface area contributed by atoms with Crippen molar-refractivity contribution in [2.45, 2.75) is 25.3 Å². The lowest BCUT2D eigenvalue weighted by Gasteiger charge is -2.34.